The van der Waals surface area contributed by atoms with Crippen molar-refractivity contribution in [3.05, 3.63) is 102 Å². The van der Waals surface area contributed by atoms with Crippen LogP contribution in [0.15, 0.2) is 84.9 Å². The summed E-state index contributed by atoms with van der Waals surface area (Å²) in [6.45, 7) is 2.78. The van der Waals surface area contributed by atoms with E-state index in [1.807, 2.05) is 61.5 Å². The van der Waals surface area contributed by atoms with E-state index in [0.29, 0.717) is 28.9 Å². The molecule has 2 aromatic heterocycles. The molecule has 0 fully saturated rings. The lowest BCUT2D eigenvalue weighted by molar-refractivity contribution is 0.0952. The number of aromatic amines is 1. The fraction of sp³-hybridized carbons (Fsp3) is 0.107. The molecule has 7 heteroatoms. The average molecular weight is 467 g/mol. The zero-order chi connectivity index (χ0) is 24.2. The molecule has 0 radical (unpaired) electrons. The van der Waals surface area contributed by atoms with E-state index in [-0.39, 0.29) is 18.3 Å². The topological polar surface area (TPSA) is 79.9 Å². The molecule has 5 aromatic rings. The number of H-pyrrole nitrogens is 1. The predicted octanol–water partition coefficient (Wildman–Crippen LogP) is 5.76. The van der Waals surface area contributed by atoms with Crippen LogP contribution < -0.4 is 10.1 Å². The van der Waals surface area contributed by atoms with Crippen LogP contribution in [0, 0.1) is 5.82 Å². The van der Waals surface area contributed by atoms with E-state index < -0.39 is 0 Å². The number of hydrogen-bond acceptors (Lipinski definition) is 4. The maximum Gasteiger partial charge on any atom is 0.252 e. The van der Waals surface area contributed by atoms with Gasteiger partial charge in [-0.05, 0) is 55.0 Å². The summed E-state index contributed by atoms with van der Waals surface area (Å²) in [5.41, 5.74) is 4.78. The number of pyridine rings is 1. The Morgan fingerprint density at radius 2 is 1.71 bits per heavy atom. The van der Waals surface area contributed by atoms with E-state index in [0.717, 1.165) is 28.1 Å². The van der Waals surface area contributed by atoms with Gasteiger partial charge in [0.25, 0.3) is 5.91 Å². The summed E-state index contributed by atoms with van der Waals surface area (Å²) in [5.74, 6) is 0.176. The van der Waals surface area contributed by atoms with Crippen molar-refractivity contribution in [3.8, 4) is 28.3 Å². The smallest absolute Gasteiger partial charge is 0.252 e. The van der Waals surface area contributed by atoms with Crippen LogP contribution in [0.5, 0.6) is 5.75 Å². The van der Waals surface area contributed by atoms with Gasteiger partial charge in [0.05, 0.1) is 28.9 Å². The van der Waals surface area contributed by atoms with E-state index >= 15 is 0 Å². The van der Waals surface area contributed by atoms with Gasteiger partial charge in [0, 0.05) is 17.7 Å². The highest BCUT2D eigenvalue weighted by atomic mass is 19.1. The summed E-state index contributed by atoms with van der Waals surface area (Å²) >= 11 is 0. The van der Waals surface area contributed by atoms with Gasteiger partial charge < -0.3 is 10.1 Å². The fourth-order valence-corrected chi connectivity index (χ4v) is 3.93. The van der Waals surface area contributed by atoms with Crippen molar-refractivity contribution in [2.75, 3.05) is 6.61 Å². The Labute approximate surface area is 201 Å². The molecule has 5 rings (SSSR count). The second-order valence-corrected chi connectivity index (χ2v) is 7.98. The van der Waals surface area contributed by atoms with Crippen molar-refractivity contribution in [1.29, 1.82) is 0 Å². The molecule has 35 heavy (non-hydrogen) atoms. The molecular formula is C28H23FN4O2. The molecular weight excluding hydrogens is 443 g/mol. The van der Waals surface area contributed by atoms with Gasteiger partial charge in [-0.1, -0.05) is 42.5 Å². The summed E-state index contributed by atoms with van der Waals surface area (Å²) in [7, 11) is 0. The lowest BCUT2D eigenvalue weighted by Gasteiger charge is -2.10. The van der Waals surface area contributed by atoms with Crippen LogP contribution in [0.2, 0.25) is 0 Å². The number of rotatable bonds is 7. The maximum atomic E-state index is 13.4. The van der Waals surface area contributed by atoms with Gasteiger partial charge in [0.15, 0.2) is 5.65 Å². The molecule has 174 valence electrons. The molecule has 0 aliphatic rings. The second-order valence-electron chi connectivity index (χ2n) is 7.98. The Hall–Kier alpha value is -4.52. The van der Waals surface area contributed by atoms with Crippen molar-refractivity contribution >= 4 is 16.9 Å². The van der Waals surface area contributed by atoms with Crippen LogP contribution in [0.3, 0.4) is 0 Å². The largest absolute Gasteiger partial charge is 0.494 e. The normalized spacial score (nSPS) is 10.9. The zero-order valence-electron chi connectivity index (χ0n) is 19.1. The quantitative estimate of drug-likeness (QED) is 0.320. The fourth-order valence-electron chi connectivity index (χ4n) is 3.93. The van der Waals surface area contributed by atoms with Crippen molar-refractivity contribution in [3.63, 3.8) is 0 Å². The van der Waals surface area contributed by atoms with Crippen LogP contribution in [-0.4, -0.2) is 27.7 Å². The Morgan fingerprint density at radius 3 is 2.43 bits per heavy atom. The monoisotopic (exact) mass is 466 g/mol. The van der Waals surface area contributed by atoms with Gasteiger partial charge in [-0.15, -0.1) is 0 Å². The number of benzene rings is 3. The lowest BCUT2D eigenvalue weighted by Crippen LogP contribution is -2.23. The van der Waals surface area contributed by atoms with Crippen LogP contribution >= 0.6 is 0 Å². The maximum absolute atomic E-state index is 13.4. The molecule has 0 aliphatic heterocycles. The third kappa shape index (κ3) is 4.75. The SMILES string of the molecule is CCOc1ccc(-c2cc(C(=O)NCc3ccc(F)cc3)c3c(-c4ccccc4)[nH]nc3n2)cc1. The number of aromatic nitrogens is 3. The highest BCUT2D eigenvalue weighted by Crippen LogP contribution is 2.32. The second kappa shape index (κ2) is 9.77. The van der Waals surface area contributed by atoms with Gasteiger partial charge in [0.1, 0.15) is 11.6 Å². The average Bonchev–Trinajstić information content (AvgIpc) is 3.33. The van der Waals surface area contributed by atoms with E-state index in [2.05, 4.69) is 15.5 Å². The third-order valence-electron chi connectivity index (χ3n) is 5.66. The molecule has 3 aromatic carbocycles. The summed E-state index contributed by atoms with van der Waals surface area (Å²) in [4.78, 5) is 18.2. The number of carbonyl (C=O) groups is 1. The number of nitrogens with one attached hydrogen (secondary N) is 2. The Morgan fingerprint density at radius 1 is 0.971 bits per heavy atom. The molecule has 2 N–H and O–H groups in total. The van der Waals surface area contributed by atoms with Crippen LogP contribution in [0.1, 0.15) is 22.8 Å². The standard InChI is InChI=1S/C28H23FN4O2/c1-2-35-22-14-10-19(11-15-22)24-16-23(28(34)30-17-18-8-12-21(29)13-9-18)25-26(32-33-27(25)31-24)20-6-4-3-5-7-20/h3-16H,2,17H2,1H3,(H,30,34)(H,31,32,33). The molecule has 0 saturated carbocycles. The van der Waals surface area contributed by atoms with Gasteiger partial charge in [-0.2, -0.15) is 5.10 Å². The van der Waals surface area contributed by atoms with E-state index in [1.54, 1.807) is 18.2 Å². The summed E-state index contributed by atoms with van der Waals surface area (Å²) in [5, 5.41) is 11.1. The molecule has 1 amide bonds. The molecule has 0 bridgehead atoms. The number of carbonyl (C=O) groups excluding carboxylic acids is 1. The van der Waals surface area contributed by atoms with Crippen LogP contribution in [0.25, 0.3) is 33.5 Å². The number of nitrogens with zero attached hydrogens (tertiary/aromatic N) is 2. The minimum Gasteiger partial charge on any atom is -0.494 e. The van der Waals surface area contributed by atoms with Crippen molar-refractivity contribution in [1.82, 2.24) is 20.5 Å². The first kappa shape index (κ1) is 22.3. The first-order chi connectivity index (χ1) is 17.1. The number of halogens is 1. The number of ether oxygens (including phenoxy) is 1. The molecule has 0 atom stereocenters. The molecule has 6 nitrogen and oxygen atoms in total. The Kier molecular flexibility index (Phi) is 6.22. The van der Waals surface area contributed by atoms with Gasteiger partial charge in [0.2, 0.25) is 0 Å². The summed E-state index contributed by atoms with van der Waals surface area (Å²) in [6.07, 6.45) is 0. The summed E-state index contributed by atoms with van der Waals surface area (Å²) in [6, 6.07) is 25.1. The van der Waals surface area contributed by atoms with Crippen molar-refractivity contribution in [2.24, 2.45) is 0 Å². The third-order valence-corrected chi connectivity index (χ3v) is 5.66. The van der Waals surface area contributed by atoms with Gasteiger partial charge in [-0.25, -0.2) is 9.37 Å². The van der Waals surface area contributed by atoms with Crippen LogP contribution in [0.4, 0.5) is 4.39 Å². The minimum absolute atomic E-state index is 0.264. The van der Waals surface area contributed by atoms with E-state index in [1.165, 1.54) is 12.1 Å². The molecule has 0 aliphatic carbocycles. The number of amides is 1. The van der Waals surface area contributed by atoms with E-state index in [9.17, 15) is 9.18 Å². The summed E-state index contributed by atoms with van der Waals surface area (Å²) < 4.78 is 18.8. The molecule has 2 heterocycles. The minimum atomic E-state index is -0.318. The zero-order valence-corrected chi connectivity index (χ0v) is 19.1. The number of hydrogen-bond donors (Lipinski definition) is 2. The highest BCUT2D eigenvalue weighted by molar-refractivity contribution is 6.10. The van der Waals surface area contributed by atoms with Crippen LogP contribution in [-0.2, 0) is 6.54 Å². The molecule has 0 saturated heterocycles. The Bertz CT molecular complexity index is 1460. The van der Waals surface area contributed by atoms with Crippen molar-refractivity contribution in [2.45, 2.75) is 13.5 Å². The first-order valence-corrected chi connectivity index (χ1v) is 11.3. The van der Waals surface area contributed by atoms with Gasteiger partial charge in [-0.3, -0.25) is 9.89 Å². The first-order valence-electron chi connectivity index (χ1n) is 11.3. The van der Waals surface area contributed by atoms with Gasteiger partial charge >= 0.3 is 0 Å². The lowest BCUT2D eigenvalue weighted by atomic mass is 10.0. The Balaban J connectivity index is 1.56. The number of fused-ring (bicyclic) bond motifs is 1. The van der Waals surface area contributed by atoms with Crippen molar-refractivity contribution < 1.29 is 13.9 Å². The predicted molar refractivity (Wildman–Crippen MR) is 133 cm³/mol. The van der Waals surface area contributed by atoms with E-state index in [4.69, 9.17) is 9.72 Å². The molecule has 0 unspecified atom stereocenters. The highest BCUT2D eigenvalue weighted by Gasteiger charge is 2.20. The molecule has 0 spiro atoms.